The van der Waals surface area contributed by atoms with E-state index in [2.05, 4.69) is 0 Å². The molecule has 2 bridgehead atoms. The molecule has 0 aromatic heterocycles. The Bertz CT molecular complexity index is 739. The van der Waals surface area contributed by atoms with Gasteiger partial charge in [-0.2, -0.15) is 10.9 Å². The molecule has 5 atom stereocenters. The van der Waals surface area contributed by atoms with E-state index in [-0.39, 0.29) is 48.2 Å². The van der Waals surface area contributed by atoms with Crippen LogP contribution in [0.3, 0.4) is 0 Å². The zero-order valence-electron chi connectivity index (χ0n) is 13.9. The molecule has 1 aromatic carbocycles. The molecule has 3 fully saturated rings. The third-order valence-electron chi connectivity index (χ3n) is 5.21. The fourth-order valence-electron chi connectivity index (χ4n) is 3.92. The van der Waals surface area contributed by atoms with Crippen molar-refractivity contribution in [1.29, 1.82) is 0 Å². The van der Waals surface area contributed by atoms with Crippen molar-refractivity contribution in [1.82, 2.24) is 4.31 Å². The van der Waals surface area contributed by atoms with Gasteiger partial charge in [0.05, 0.1) is 17.5 Å². The quantitative estimate of drug-likeness (QED) is 0.402. The van der Waals surface area contributed by atoms with Crippen LogP contribution >= 0.6 is 0 Å². The summed E-state index contributed by atoms with van der Waals surface area (Å²) in [6.07, 6.45) is -0.0119. The second kappa shape index (κ2) is 6.05. The van der Waals surface area contributed by atoms with Crippen molar-refractivity contribution in [3.63, 3.8) is 0 Å². The van der Waals surface area contributed by atoms with Gasteiger partial charge < -0.3 is 14.2 Å². The minimum atomic E-state index is -3.62. The van der Waals surface area contributed by atoms with Crippen molar-refractivity contribution in [2.24, 2.45) is 0 Å². The van der Waals surface area contributed by atoms with Gasteiger partial charge in [-0.1, -0.05) is 24.6 Å². The van der Waals surface area contributed by atoms with Gasteiger partial charge in [0.15, 0.2) is 5.72 Å². The summed E-state index contributed by atoms with van der Waals surface area (Å²) >= 11 is 0. The number of hydrogen-bond acceptors (Lipinski definition) is 5. The summed E-state index contributed by atoms with van der Waals surface area (Å²) in [4.78, 5) is 0.274. The van der Waals surface area contributed by atoms with Crippen LogP contribution in [0, 0.1) is 44.6 Å². The van der Waals surface area contributed by atoms with Gasteiger partial charge in [0, 0.05) is 38.2 Å². The zero-order valence-corrected chi connectivity index (χ0v) is 18.8. The Morgan fingerprint density at radius 3 is 2.62 bits per heavy atom. The molecule has 3 saturated heterocycles. The molecule has 130 valence electrons. The van der Waals surface area contributed by atoms with Crippen LogP contribution in [-0.4, -0.2) is 49.9 Å². The van der Waals surface area contributed by atoms with Crippen molar-refractivity contribution in [2.75, 3.05) is 13.7 Å². The molecule has 6 nitrogen and oxygen atoms in total. The van der Waals surface area contributed by atoms with Crippen molar-refractivity contribution < 1.29 is 53.7 Å². The largest absolute Gasteiger partial charge is 0.540 e. The first kappa shape index (κ1) is 18.8. The standard InChI is InChI=1S/C16H20NO5S.U/c1-4-15-14(20-3)13(9-21-15)22-16(15)10-17(16)23(18,19)12-7-5-11(2)6-8-12;/h5-9,13-14H,4,10H2,1-3H3;/q-1;/t13-,14-,15+,16?,17?;/m0./s1. The van der Waals surface area contributed by atoms with E-state index in [1.807, 2.05) is 13.8 Å². The fourth-order valence-corrected chi connectivity index (χ4v) is 5.59. The third kappa shape index (κ3) is 2.24. The number of hydrogen-bond donors (Lipinski definition) is 0. The van der Waals surface area contributed by atoms with Gasteiger partial charge in [-0.25, -0.2) is 8.42 Å². The Hall–Kier alpha value is 0.0619. The van der Waals surface area contributed by atoms with E-state index in [0.717, 1.165) is 5.56 Å². The van der Waals surface area contributed by atoms with E-state index < -0.39 is 21.3 Å². The van der Waals surface area contributed by atoms with Crippen LogP contribution in [-0.2, 0) is 24.2 Å². The van der Waals surface area contributed by atoms with Gasteiger partial charge in [-0.3, -0.25) is 0 Å². The van der Waals surface area contributed by atoms with Crippen LogP contribution < -0.4 is 0 Å². The maximum Gasteiger partial charge on any atom is 0.245 e. The Balaban J connectivity index is 0.00000169. The molecule has 1 aromatic rings. The average Bonchev–Trinajstić information content (AvgIpc) is 3.06. The number of nitrogens with zero attached hydrogens (tertiary/aromatic N) is 1. The molecule has 2 unspecified atom stereocenters. The van der Waals surface area contributed by atoms with E-state index in [1.165, 1.54) is 4.31 Å². The summed E-state index contributed by atoms with van der Waals surface area (Å²) in [6.45, 7) is 5.81. The average molecular weight is 576 g/mol. The number of aryl methyl sites for hydroxylation is 1. The van der Waals surface area contributed by atoms with E-state index >= 15 is 0 Å². The van der Waals surface area contributed by atoms with Crippen LogP contribution in [0.25, 0.3) is 0 Å². The van der Waals surface area contributed by atoms with E-state index in [9.17, 15) is 8.42 Å². The van der Waals surface area contributed by atoms with Crippen LogP contribution in [0.4, 0.5) is 0 Å². The first-order chi connectivity index (χ1) is 10.9. The molecule has 0 amide bonds. The summed E-state index contributed by atoms with van der Waals surface area (Å²) in [7, 11) is -2.01. The Morgan fingerprint density at radius 2 is 2.04 bits per heavy atom. The van der Waals surface area contributed by atoms with Crippen LogP contribution in [0.5, 0.6) is 0 Å². The summed E-state index contributed by atoms with van der Waals surface area (Å²) in [5.41, 5.74) is -0.710. The predicted molar refractivity (Wildman–Crippen MR) is 81.9 cm³/mol. The van der Waals surface area contributed by atoms with Crippen molar-refractivity contribution >= 4 is 10.0 Å². The Kier molecular flexibility index (Phi) is 4.75. The zero-order chi connectivity index (χ0) is 16.5. The summed E-state index contributed by atoms with van der Waals surface area (Å²) in [6, 6.07) is 6.84. The minimum absolute atomic E-state index is 0. The molecule has 0 N–H and O–H groups in total. The second-order valence-corrected chi connectivity index (χ2v) is 8.21. The van der Waals surface area contributed by atoms with E-state index in [4.69, 9.17) is 14.2 Å². The van der Waals surface area contributed by atoms with Gasteiger partial charge >= 0.3 is 0 Å². The van der Waals surface area contributed by atoms with Gasteiger partial charge in [0.1, 0.15) is 5.60 Å². The molecular weight excluding hydrogens is 556 g/mol. The van der Waals surface area contributed by atoms with Crippen LogP contribution in [0.15, 0.2) is 29.2 Å². The van der Waals surface area contributed by atoms with Gasteiger partial charge in [0.2, 0.25) is 10.0 Å². The SMILES string of the molecule is CC[C@]12O[CH-][C@H](OC13CN3S(=O)(=O)c1ccc(C)cc1)[C@@H]2OC.[U]. The monoisotopic (exact) mass is 576 g/mol. The fraction of sp³-hybridized carbons (Fsp3) is 0.562. The number of sulfonamides is 1. The number of benzene rings is 1. The number of ether oxygens (including phenoxy) is 3. The van der Waals surface area contributed by atoms with Crippen LogP contribution in [0.2, 0.25) is 0 Å². The van der Waals surface area contributed by atoms with Gasteiger partial charge in [-0.15, -0.1) is 0 Å². The topological polar surface area (TPSA) is 64.8 Å². The predicted octanol–water partition coefficient (Wildman–Crippen LogP) is 1.45. The maximum atomic E-state index is 12.9. The molecule has 3 aliphatic rings. The number of rotatable bonds is 4. The molecule has 1 spiro atoms. The van der Waals surface area contributed by atoms with E-state index in [1.54, 1.807) is 38.0 Å². The number of fused-ring (bicyclic) bond motifs is 3. The Morgan fingerprint density at radius 1 is 1.38 bits per heavy atom. The van der Waals surface area contributed by atoms with Crippen molar-refractivity contribution in [2.45, 2.75) is 48.7 Å². The first-order valence-electron chi connectivity index (χ1n) is 7.72. The molecule has 4 rings (SSSR count). The smallest absolute Gasteiger partial charge is 0.245 e. The van der Waals surface area contributed by atoms with Crippen molar-refractivity contribution in [3.8, 4) is 0 Å². The number of methoxy groups -OCH3 is 1. The molecule has 0 radical (unpaired) electrons. The first-order valence-corrected chi connectivity index (χ1v) is 9.16. The Labute approximate surface area is 166 Å². The summed E-state index contributed by atoms with van der Waals surface area (Å²) in [5.74, 6) is 0. The molecular formula is C16H20NO5SU-. The van der Waals surface area contributed by atoms with E-state index in [0.29, 0.717) is 13.0 Å². The van der Waals surface area contributed by atoms with Crippen LogP contribution in [0.1, 0.15) is 18.9 Å². The minimum Gasteiger partial charge on any atom is -0.540 e. The summed E-state index contributed by atoms with van der Waals surface area (Å²) in [5, 5.41) is 0. The third-order valence-corrected chi connectivity index (χ3v) is 7.08. The maximum absolute atomic E-state index is 12.9. The molecule has 24 heavy (non-hydrogen) atoms. The normalized spacial score (nSPS) is 39.9. The summed E-state index contributed by atoms with van der Waals surface area (Å²) < 4.78 is 44.7. The molecule has 3 aliphatic heterocycles. The molecule has 0 aliphatic carbocycles. The van der Waals surface area contributed by atoms with Gasteiger partial charge in [-0.05, 0) is 31.6 Å². The molecule has 3 heterocycles. The molecule has 0 saturated carbocycles. The van der Waals surface area contributed by atoms with Crippen molar-refractivity contribution in [3.05, 3.63) is 36.4 Å². The van der Waals surface area contributed by atoms with Gasteiger partial charge in [0.25, 0.3) is 0 Å². The second-order valence-electron chi connectivity index (χ2n) is 6.34. The molecule has 8 heteroatoms.